The molecule has 0 aliphatic heterocycles. The summed E-state index contributed by atoms with van der Waals surface area (Å²) in [6.45, 7) is 4.17. The van der Waals surface area contributed by atoms with E-state index < -0.39 is 29.0 Å². The zero-order valence-electron chi connectivity index (χ0n) is 11.8. The maximum Gasteiger partial charge on any atom is 0.278 e. The summed E-state index contributed by atoms with van der Waals surface area (Å²) in [5, 5.41) is 0. The van der Waals surface area contributed by atoms with Crippen molar-refractivity contribution in [1.82, 2.24) is 0 Å². The minimum atomic E-state index is -3.25. The first-order valence-electron chi connectivity index (χ1n) is 5.98. The summed E-state index contributed by atoms with van der Waals surface area (Å²) >= 11 is 0. The zero-order chi connectivity index (χ0) is 14.8. The Morgan fingerprint density at radius 1 is 1.05 bits per heavy atom. The van der Waals surface area contributed by atoms with Gasteiger partial charge in [-0.15, -0.1) is 0 Å². The molecule has 0 fully saturated rings. The summed E-state index contributed by atoms with van der Waals surface area (Å²) < 4.78 is 52.5. The third-order valence-corrected chi connectivity index (χ3v) is 3.35. The highest BCUT2D eigenvalue weighted by molar-refractivity contribution is 5.32. The van der Waals surface area contributed by atoms with Crippen molar-refractivity contribution in [2.45, 2.75) is 32.5 Å². The topological polar surface area (TPSA) is 18.5 Å². The second kappa shape index (κ2) is 5.51. The molecule has 0 bridgehead atoms. The second-order valence-electron chi connectivity index (χ2n) is 4.80. The lowest BCUT2D eigenvalue weighted by atomic mass is 9.93. The predicted octanol–water partition coefficient (Wildman–Crippen LogP) is 4.04. The van der Waals surface area contributed by atoms with Crippen LogP contribution in [-0.4, -0.2) is 14.2 Å². The van der Waals surface area contributed by atoms with Crippen LogP contribution >= 0.6 is 0 Å². The summed E-state index contributed by atoms with van der Waals surface area (Å²) in [6, 6.07) is 3.84. The minimum absolute atomic E-state index is 0.0460. The molecule has 1 aromatic rings. The summed E-state index contributed by atoms with van der Waals surface area (Å²) in [6.07, 6.45) is 0. The normalized spacial score (nSPS) is 13.1. The molecule has 1 rings (SSSR count). The molecule has 5 heteroatoms. The number of ether oxygens (including phenoxy) is 2. The molecule has 0 unspecified atom stereocenters. The van der Waals surface area contributed by atoms with Crippen molar-refractivity contribution in [2.75, 3.05) is 14.2 Å². The van der Waals surface area contributed by atoms with Crippen molar-refractivity contribution in [2.24, 2.45) is 5.92 Å². The number of benzene rings is 1. The molecule has 2 nitrogen and oxygen atoms in total. The molecule has 0 N–H and O–H groups in total. The molecule has 1 aromatic carbocycles. The van der Waals surface area contributed by atoms with Crippen LogP contribution in [0, 0.1) is 11.7 Å². The Labute approximate surface area is 111 Å². The van der Waals surface area contributed by atoms with Crippen LogP contribution in [0.15, 0.2) is 18.2 Å². The van der Waals surface area contributed by atoms with Crippen LogP contribution in [0.5, 0.6) is 0 Å². The van der Waals surface area contributed by atoms with E-state index >= 15 is 0 Å². The van der Waals surface area contributed by atoms with Crippen LogP contribution in [0.2, 0.25) is 0 Å². The van der Waals surface area contributed by atoms with E-state index in [9.17, 15) is 13.2 Å². The van der Waals surface area contributed by atoms with Crippen molar-refractivity contribution < 1.29 is 22.6 Å². The van der Waals surface area contributed by atoms with Gasteiger partial charge < -0.3 is 9.47 Å². The van der Waals surface area contributed by atoms with E-state index in [1.165, 1.54) is 47.1 Å². The molecule has 0 aliphatic rings. The standard InChI is InChI=1S/C14H19F3O2/c1-9(2)14(16,17)11-8-6-7-10(12(11)15)13(3,18-4)19-5/h6-9H,1-5H3. The molecule has 0 atom stereocenters. The lowest BCUT2D eigenvalue weighted by Gasteiger charge is -2.29. The molecule has 0 amide bonds. The molecule has 108 valence electrons. The van der Waals surface area contributed by atoms with E-state index in [1.54, 1.807) is 0 Å². The number of hydrogen-bond acceptors (Lipinski definition) is 2. The third kappa shape index (κ3) is 2.77. The number of halogens is 3. The molecule has 0 aromatic heterocycles. The van der Waals surface area contributed by atoms with Gasteiger partial charge in [0.1, 0.15) is 5.82 Å². The SMILES string of the molecule is COC(C)(OC)c1cccc(C(F)(F)C(C)C)c1F. The summed E-state index contributed by atoms with van der Waals surface area (Å²) in [5.41, 5.74) is -0.685. The number of alkyl halides is 2. The second-order valence-corrected chi connectivity index (χ2v) is 4.80. The van der Waals surface area contributed by atoms with Crippen LogP contribution in [0.3, 0.4) is 0 Å². The summed E-state index contributed by atoms with van der Waals surface area (Å²) in [4.78, 5) is 0. The van der Waals surface area contributed by atoms with Crippen molar-refractivity contribution >= 4 is 0 Å². The van der Waals surface area contributed by atoms with E-state index in [1.807, 2.05) is 0 Å². The van der Waals surface area contributed by atoms with Gasteiger partial charge in [0.15, 0.2) is 5.79 Å². The number of methoxy groups -OCH3 is 2. The average Bonchev–Trinajstić information content (AvgIpc) is 2.37. The highest BCUT2D eigenvalue weighted by atomic mass is 19.3. The first kappa shape index (κ1) is 16.0. The van der Waals surface area contributed by atoms with E-state index in [2.05, 4.69) is 0 Å². The van der Waals surface area contributed by atoms with Crippen molar-refractivity contribution in [3.63, 3.8) is 0 Å². The monoisotopic (exact) mass is 276 g/mol. The number of hydrogen-bond donors (Lipinski definition) is 0. The van der Waals surface area contributed by atoms with Gasteiger partial charge in [0.2, 0.25) is 0 Å². The smallest absolute Gasteiger partial charge is 0.278 e. The first-order valence-corrected chi connectivity index (χ1v) is 5.98. The zero-order valence-corrected chi connectivity index (χ0v) is 11.8. The van der Waals surface area contributed by atoms with Gasteiger partial charge in [-0.3, -0.25) is 0 Å². The highest BCUT2D eigenvalue weighted by Gasteiger charge is 2.41. The Morgan fingerprint density at radius 3 is 1.95 bits per heavy atom. The molecular formula is C14H19F3O2. The molecule has 0 saturated heterocycles. The van der Waals surface area contributed by atoms with Gasteiger partial charge in [0.25, 0.3) is 5.92 Å². The fraction of sp³-hybridized carbons (Fsp3) is 0.571. The third-order valence-electron chi connectivity index (χ3n) is 3.35. The van der Waals surface area contributed by atoms with E-state index in [4.69, 9.17) is 9.47 Å². The Morgan fingerprint density at radius 2 is 1.53 bits per heavy atom. The van der Waals surface area contributed by atoms with Gasteiger partial charge >= 0.3 is 0 Å². The predicted molar refractivity (Wildman–Crippen MR) is 66.5 cm³/mol. The van der Waals surface area contributed by atoms with Gasteiger partial charge in [0.05, 0.1) is 5.56 Å². The Hall–Kier alpha value is -1.07. The summed E-state index contributed by atoms with van der Waals surface area (Å²) in [5.74, 6) is -6.64. The Kier molecular flexibility index (Phi) is 4.63. The highest BCUT2D eigenvalue weighted by Crippen LogP contribution is 2.40. The quantitative estimate of drug-likeness (QED) is 0.756. The van der Waals surface area contributed by atoms with E-state index in [-0.39, 0.29) is 5.56 Å². The van der Waals surface area contributed by atoms with Crippen molar-refractivity contribution in [3.05, 3.63) is 35.1 Å². The van der Waals surface area contributed by atoms with E-state index in [0.717, 1.165) is 6.07 Å². The lowest BCUT2D eigenvalue weighted by Crippen LogP contribution is -2.30. The fourth-order valence-corrected chi connectivity index (χ4v) is 1.75. The van der Waals surface area contributed by atoms with Gasteiger partial charge in [-0.25, -0.2) is 13.2 Å². The van der Waals surface area contributed by atoms with E-state index in [0.29, 0.717) is 0 Å². The van der Waals surface area contributed by atoms with Crippen LogP contribution in [0.1, 0.15) is 31.9 Å². The molecule has 0 aliphatic carbocycles. The van der Waals surface area contributed by atoms with Gasteiger partial charge in [-0.1, -0.05) is 32.0 Å². The van der Waals surface area contributed by atoms with Gasteiger partial charge in [-0.05, 0) is 6.92 Å². The number of rotatable bonds is 5. The maximum atomic E-state index is 14.4. The molecule has 0 heterocycles. The van der Waals surface area contributed by atoms with Crippen molar-refractivity contribution in [3.8, 4) is 0 Å². The van der Waals surface area contributed by atoms with Crippen LogP contribution in [0.4, 0.5) is 13.2 Å². The fourth-order valence-electron chi connectivity index (χ4n) is 1.75. The lowest BCUT2D eigenvalue weighted by molar-refractivity contribution is -0.203. The molecule has 0 spiro atoms. The average molecular weight is 276 g/mol. The molecular weight excluding hydrogens is 257 g/mol. The van der Waals surface area contributed by atoms with Gasteiger partial charge in [-0.2, -0.15) is 0 Å². The summed E-state index contributed by atoms with van der Waals surface area (Å²) in [7, 11) is 2.66. The Balaban J connectivity index is 3.42. The van der Waals surface area contributed by atoms with Crippen LogP contribution in [-0.2, 0) is 21.2 Å². The van der Waals surface area contributed by atoms with Crippen molar-refractivity contribution in [1.29, 1.82) is 0 Å². The molecule has 0 saturated carbocycles. The minimum Gasteiger partial charge on any atom is -0.349 e. The van der Waals surface area contributed by atoms with Crippen LogP contribution in [0.25, 0.3) is 0 Å². The van der Waals surface area contributed by atoms with Gasteiger partial charge in [0, 0.05) is 25.7 Å². The largest absolute Gasteiger partial charge is 0.349 e. The maximum absolute atomic E-state index is 14.4. The first-order chi connectivity index (χ1) is 8.70. The molecule has 19 heavy (non-hydrogen) atoms. The van der Waals surface area contributed by atoms with Crippen LogP contribution < -0.4 is 0 Å². The Bertz CT molecular complexity index is 417. The molecule has 0 radical (unpaired) electrons.